The Hall–Kier alpha value is -3.44. The van der Waals surface area contributed by atoms with Crippen molar-refractivity contribution in [3.63, 3.8) is 0 Å². The summed E-state index contributed by atoms with van der Waals surface area (Å²) in [5, 5.41) is 0. The minimum Gasteiger partial charge on any atom is -0.285 e. The van der Waals surface area contributed by atoms with Gasteiger partial charge in [0, 0.05) is 22.3 Å². The molecular formula is C22H14O2. The van der Waals surface area contributed by atoms with Crippen molar-refractivity contribution in [3.05, 3.63) is 107 Å². The molecule has 3 aromatic rings. The van der Waals surface area contributed by atoms with Gasteiger partial charge in [-0.2, -0.15) is 0 Å². The Balaban J connectivity index is 1.76. The zero-order valence-electron chi connectivity index (χ0n) is 12.9. The highest BCUT2D eigenvalue weighted by molar-refractivity contribution is 6.49. The predicted octanol–water partition coefficient (Wildman–Crippen LogP) is 4.15. The first-order valence-electron chi connectivity index (χ1n) is 7.55. The van der Waals surface area contributed by atoms with Gasteiger partial charge in [0.25, 0.3) is 0 Å². The monoisotopic (exact) mass is 310 g/mol. The number of carbonyl (C=O) groups excluding carboxylic acids is 2. The van der Waals surface area contributed by atoms with Crippen LogP contribution in [0.5, 0.6) is 0 Å². The third-order valence-electron chi connectivity index (χ3n) is 3.51. The molecule has 0 atom stereocenters. The Morgan fingerprint density at radius 2 is 0.917 bits per heavy atom. The van der Waals surface area contributed by atoms with E-state index in [1.165, 1.54) is 0 Å². The molecule has 0 aromatic heterocycles. The van der Waals surface area contributed by atoms with Crippen LogP contribution in [0.3, 0.4) is 0 Å². The SMILES string of the molecule is O=C(C(=O)c1ccc(C#Cc2ccccc2)cc1)c1ccccc1. The van der Waals surface area contributed by atoms with Crippen LogP contribution in [0.2, 0.25) is 0 Å². The quantitative estimate of drug-likeness (QED) is 0.414. The van der Waals surface area contributed by atoms with Crippen molar-refractivity contribution in [2.75, 3.05) is 0 Å². The van der Waals surface area contributed by atoms with Crippen LogP contribution in [0, 0.1) is 11.8 Å². The van der Waals surface area contributed by atoms with Crippen molar-refractivity contribution < 1.29 is 9.59 Å². The lowest BCUT2D eigenvalue weighted by Gasteiger charge is -2.01. The lowest BCUT2D eigenvalue weighted by Crippen LogP contribution is -2.14. The highest BCUT2D eigenvalue weighted by Gasteiger charge is 2.17. The molecule has 0 heterocycles. The van der Waals surface area contributed by atoms with Crippen LogP contribution < -0.4 is 0 Å². The van der Waals surface area contributed by atoms with Crippen LogP contribution in [0.4, 0.5) is 0 Å². The van der Waals surface area contributed by atoms with Crippen molar-refractivity contribution in [1.82, 2.24) is 0 Å². The molecule has 0 saturated carbocycles. The molecule has 2 nitrogen and oxygen atoms in total. The molecule has 0 radical (unpaired) electrons. The molecule has 0 spiro atoms. The van der Waals surface area contributed by atoms with Crippen LogP contribution in [0.15, 0.2) is 84.9 Å². The fourth-order valence-electron chi connectivity index (χ4n) is 2.22. The second-order valence-corrected chi connectivity index (χ2v) is 5.22. The predicted molar refractivity (Wildman–Crippen MR) is 94.0 cm³/mol. The summed E-state index contributed by atoms with van der Waals surface area (Å²) >= 11 is 0. The molecule has 24 heavy (non-hydrogen) atoms. The molecule has 0 fully saturated rings. The van der Waals surface area contributed by atoms with Crippen molar-refractivity contribution in [3.8, 4) is 11.8 Å². The Labute approximate surface area is 140 Å². The van der Waals surface area contributed by atoms with Gasteiger partial charge < -0.3 is 0 Å². The fourth-order valence-corrected chi connectivity index (χ4v) is 2.22. The number of rotatable bonds is 3. The van der Waals surface area contributed by atoms with Crippen molar-refractivity contribution in [2.45, 2.75) is 0 Å². The molecule has 0 amide bonds. The first kappa shape index (κ1) is 15.5. The van der Waals surface area contributed by atoms with Gasteiger partial charge in [0.1, 0.15) is 0 Å². The lowest BCUT2D eigenvalue weighted by molar-refractivity contribution is 0.0817. The molecule has 114 valence electrons. The van der Waals surface area contributed by atoms with Gasteiger partial charge in [-0.15, -0.1) is 0 Å². The molecule has 0 aliphatic rings. The summed E-state index contributed by atoms with van der Waals surface area (Å²) in [6.07, 6.45) is 0. The molecule has 0 bridgehead atoms. The molecule has 0 N–H and O–H groups in total. The third kappa shape index (κ3) is 3.66. The van der Waals surface area contributed by atoms with E-state index in [4.69, 9.17) is 0 Å². The average molecular weight is 310 g/mol. The highest BCUT2D eigenvalue weighted by atomic mass is 16.2. The molecular weight excluding hydrogens is 296 g/mol. The van der Waals surface area contributed by atoms with Crippen molar-refractivity contribution >= 4 is 11.6 Å². The summed E-state index contributed by atoms with van der Waals surface area (Å²) in [6, 6.07) is 25.0. The molecule has 0 aliphatic carbocycles. The minimum atomic E-state index is -0.510. The maximum Gasteiger partial charge on any atom is 0.233 e. The smallest absolute Gasteiger partial charge is 0.233 e. The topological polar surface area (TPSA) is 34.1 Å². The molecule has 3 aromatic carbocycles. The van der Waals surface area contributed by atoms with Crippen LogP contribution in [0.25, 0.3) is 0 Å². The highest BCUT2D eigenvalue weighted by Crippen LogP contribution is 2.09. The summed E-state index contributed by atoms with van der Waals surface area (Å²) in [5.41, 5.74) is 2.49. The molecule has 0 saturated heterocycles. The van der Waals surface area contributed by atoms with Gasteiger partial charge in [0.2, 0.25) is 11.6 Å². The number of carbonyl (C=O) groups is 2. The summed E-state index contributed by atoms with van der Waals surface area (Å²) in [4.78, 5) is 24.4. The maximum absolute atomic E-state index is 12.3. The Bertz CT molecular complexity index is 912. The van der Waals surface area contributed by atoms with Crippen LogP contribution >= 0.6 is 0 Å². The van der Waals surface area contributed by atoms with E-state index in [1.54, 1.807) is 48.5 Å². The Morgan fingerprint density at radius 1 is 0.500 bits per heavy atom. The molecule has 0 aliphatic heterocycles. The van der Waals surface area contributed by atoms with Gasteiger partial charge in [-0.3, -0.25) is 9.59 Å². The van der Waals surface area contributed by atoms with E-state index in [-0.39, 0.29) is 0 Å². The van der Waals surface area contributed by atoms with E-state index < -0.39 is 11.6 Å². The summed E-state index contributed by atoms with van der Waals surface area (Å²) in [6.45, 7) is 0. The van der Waals surface area contributed by atoms with Gasteiger partial charge in [0.15, 0.2) is 0 Å². The van der Waals surface area contributed by atoms with Crippen molar-refractivity contribution in [2.24, 2.45) is 0 Å². The second-order valence-electron chi connectivity index (χ2n) is 5.22. The van der Waals surface area contributed by atoms with Gasteiger partial charge in [-0.1, -0.05) is 60.4 Å². The molecule has 0 unspecified atom stereocenters. The Kier molecular flexibility index (Phi) is 4.65. The first-order chi connectivity index (χ1) is 11.7. The maximum atomic E-state index is 12.3. The van der Waals surface area contributed by atoms with E-state index in [0.717, 1.165) is 11.1 Å². The second kappa shape index (κ2) is 7.21. The Morgan fingerprint density at radius 3 is 1.46 bits per heavy atom. The molecule has 2 heteroatoms. The van der Waals surface area contributed by atoms with E-state index in [2.05, 4.69) is 11.8 Å². The van der Waals surface area contributed by atoms with E-state index in [1.807, 2.05) is 36.4 Å². The van der Waals surface area contributed by atoms with Crippen molar-refractivity contribution in [1.29, 1.82) is 0 Å². The van der Waals surface area contributed by atoms with Crippen LogP contribution in [-0.4, -0.2) is 11.6 Å². The van der Waals surface area contributed by atoms with E-state index in [0.29, 0.717) is 11.1 Å². The van der Waals surface area contributed by atoms with E-state index >= 15 is 0 Å². The van der Waals surface area contributed by atoms with Crippen LogP contribution in [0.1, 0.15) is 31.8 Å². The number of hydrogen-bond donors (Lipinski definition) is 0. The van der Waals surface area contributed by atoms with Gasteiger partial charge in [-0.25, -0.2) is 0 Å². The first-order valence-corrected chi connectivity index (χ1v) is 7.55. The third-order valence-corrected chi connectivity index (χ3v) is 3.51. The van der Waals surface area contributed by atoms with E-state index in [9.17, 15) is 9.59 Å². The number of ketones is 2. The largest absolute Gasteiger partial charge is 0.285 e. The normalized spacial score (nSPS) is 9.67. The standard InChI is InChI=1S/C22H14O2/c23-21(19-9-5-2-6-10-19)22(24)20-15-13-18(14-16-20)12-11-17-7-3-1-4-8-17/h1-10,13-16H. The van der Waals surface area contributed by atoms with Gasteiger partial charge in [-0.05, 0) is 36.4 Å². The number of benzene rings is 3. The molecule has 3 rings (SSSR count). The zero-order valence-corrected chi connectivity index (χ0v) is 12.9. The summed E-state index contributed by atoms with van der Waals surface area (Å²) in [7, 11) is 0. The lowest BCUT2D eigenvalue weighted by atomic mass is 10.0. The number of hydrogen-bond acceptors (Lipinski definition) is 2. The number of Topliss-reactive ketones (excluding diaryl/α,β-unsaturated/α-hetero) is 2. The van der Waals surface area contributed by atoms with Gasteiger partial charge in [0.05, 0.1) is 0 Å². The summed E-state index contributed by atoms with van der Waals surface area (Å²) < 4.78 is 0. The average Bonchev–Trinajstić information content (AvgIpc) is 2.67. The van der Waals surface area contributed by atoms with Gasteiger partial charge >= 0.3 is 0 Å². The fraction of sp³-hybridized carbons (Fsp3) is 0. The summed E-state index contributed by atoms with van der Waals surface area (Å²) in [5.74, 6) is 5.09. The minimum absolute atomic E-state index is 0.370. The zero-order chi connectivity index (χ0) is 16.8. The van der Waals surface area contributed by atoms with Crippen LogP contribution in [-0.2, 0) is 0 Å².